The van der Waals surface area contributed by atoms with Gasteiger partial charge in [-0.2, -0.15) is 0 Å². The summed E-state index contributed by atoms with van der Waals surface area (Å²) in [6.07, 6.45) is 9.65. The topological polar surface area (TPSA) is 12.0 Å². The highest BCUT2D eigenvalue weighted by atomic mass is 14.9. The summed E-state index contributed by atoms with van der Waals surface area (Å²) in [4.78, 5) is 0. The van der Waals surface area contributed by atoms with Crippen LogP contribution in [0.4, 0.5) is 0 Å². The fourth-order valence-corrected chi connectivity index (χ4v) is 2.62. The molecule has 1 aromatic carbocycles. The SMILES string of the molecule is CCCCCc1ccc(C2=CC(C)NC(C)=C2)cc1. The lowest BCUT2D eigenvalue weighted by Crippen LogP contribution is -2.24. The van der Waals surface area contributed by atoms with Crippen LogP contribution in [0.5, 0.6) is 0 Å². The van der Waals surface area contributed by atoms with E-state index in [1.807, 2.05) is 0 Å². The van der Waals surface area contributed by atoms with Crippen molar-refractivity contribution < 1.29 is 0 Å². The Bertz CT molecular complexity index is 465. The molecule has 1 aliphatic heterocycles. The Morgan fingerprint density at radius 2 is 1.84 bits per heavy atom. The van der Waals surface area contributed by atoms with Crippen LogP contribution in [0, 0.1) is 0 Å². The monoisotopic (exact) mass is 255 g/mol. The summed E-state index contributed by atoms with van der Waals surface area (Å²) >= 11 is 0. The van der Waals surface area contributed by atoms with Gasteiger partial charge in [-0.25, -0.2) is 0 Å². The number of allylic oxidation sites excluding steroid dienone is 3. The van der Waals surface area contributed by atoms with Crippen LogP contribution in [0.1, 0.15) is 51.2 Å². The summed E-state index contributed by atoms with van der Waals surface area (Å²) in [6, 6.07) is 9.50. The molecule has 0 amide bonds. The first-order valence-corrected chi connectivity index (χ1v) is 7.45. The number of hydrogen-bond donors (Lipinski definition) is 1. The summed E-state index contributed by atoms with van der Waals surface area (Å²) in [7, 11) is 0. The molecule has 1 aliphatic rings. The highest BCUT2D eigenvalue weighted by Crippen LogP contribution is 2.22. The van der Waals surface area contributed by atoms with E-state index in [0.29, 0.717) is 6.04 Å². The predicted octanol–water partition coefficient (Wildman–Crippen LogP) is 4.70. The third-order valence-corrected chi connectivity index (χ3v) is 3.61. The molecule has 0 radical (unpaired) electrons. The van der Waals surface area contributed by atoms with Crippen molar-refractivity contribution in [2.24, 2.45) is 0 Å². The van der Waals surface area contributed by atoms with Crippen molar-refractivity contribution >= 4 is 5.57 Å². The standard InChI is InChI=1S/C18H25N/c1-4-5-6-7-16-8-10-17(11-9-16)18-12-14(2)19-15(3)13-18/h8-14,19H,4-7H2,1-3H3. The molecule has 1 atom stereocenters. The van der Waals surface area contributed by atoms with Crippen LogP contribution in [0.2, 0.25) is 0 Å². The molecular weight excluding hydrogens is 230 g/mol. The zero-order valence-electron chi connectivity index (χ0n) is 12.4. The van der Waals surface area contributed by atoms with Gasteiger partial charge in [-0.1, -0.05) is 50.1 Å². The minimum absolute atomic E-state index is 0.421. The summed E-state index contributed by atoms with van der Waals surface area (Å²) in [5.41, 5.74) is 5.37. The number of rotatable bonds is 5. The Labute approximate surface area is 117 Å². The summed E-state index contributed by atoms with van der Waals surface area (Å²) < 4.78 is 0. The molecule has 0 aromatic heterocycles. The fraction of sp³-hybridized carbons (Fsp3) is 0.444. The molecule has 0 fully saturated rings. The normalized spacial score (nSPS) is 18.6. The summed E-state index contributed by atoms with van der Waals surface area (Å²) in [5, 5.41) is 3.41. The van der Waals surface area contributed by atoms with E-state index in [1.54, 1.807) is 0 Å². The largest absolute Gasteiger partial charge is 0.383 e. The van der Waals surface area contributed by atoms with Gasteiger partial charge < -0.3 is 5.32 Å². The fourth-order valence-electron chi connectivity index (χ4n) is 2.62. The molecule has 19 heavy (non-hydrogen) atoms. The van der Waals surface area contributed by atoms with Gasteiger partial charge in [0, 0.05) is 11.7 Å². The van der Waals surface area contributed by atoms with Gasteiger partial charge in [0.25, 0.3) is 0 Å². The molecule has 1 heterocycles. The molecule has 0 saturated carbocycles. The van der Waals surface area contributed by atoms with E-state index in [0.717, 1.165) is 0 Å². The quantitative estimate of drug-likeness (QED) is 0.752. The van der Waals surface area contributed by atoms with Gasteiger partial charge in [0.05, 0.1) is 0 Å². The van der Waals surface area contributed by atoms with E-state index in [-0.39, 0.29) is 0 Å². The Morgan fingerprint density at radius 3 is 2.47 bits per heavy atom. The molecule has 102 valence electrons. The Balaban J connectivity index is 2.06. The minimum Gasteiger partial charge on any atom is -0.383 e. The summed E-state index contributed by atoms with van der Waals surface area (Å²) in [5.74, 6) is 0. The first-order chi connectivity index (χ1) is 9.19. The van der Waals surface area contributed by atoms with Crippen molar-refractivity contribution in [1.82, 2.24) is 5.32 Å². The number of hydrogen-bond acceptors (Lipinski definition) is 1. The van der Waals surface area contributed by atoms with Crippen molar-refractivity contribution in [3.63, 3.8) is 0 Å². The van der Waals surface area contributed by atoms with Gasteiger partial charge in [0.15, 0.2) is 0 Å². The Kier molecular flexibility index (Phi) is 4.84. The molecule has 1 unspecified atom stereocenters. The van der Waals surface area contributed by atoms with Crippen molar-refractivity contribution in [1.29, 1.82) is 0 Å². The van der Waals surface area contributed by atoms with Gasteiger partial charge >= 0.3 is 0 Å². The summed E-state index contributed by atoms with van der Waals surface area (Å²) in [6.45, 7) is 6.57. The maximum absolute atomic E-state index is 3.41. The first-order valence-electron chi connectivity index (χ1n) is 7.45. The predicted molar refractivity (Wildman–Crippen MR) is 84.0 cm³/mol. The lowest BCUT2D eigenvalue weighted by atomic mass is 9.97. The minimum atomic E-state index is 0.421. The number of aryl methyl sites for hydroxylation is 1. The maximum Gasteiger partial charge on any atom is 0.0422 e. The second-order valence-corrected chi connectivity index (χ2v) is 5.54. The van der Waals surface area contributed by atoms with Crippen LogP contribution < -0.4 is 5.32 Å². The molecule has 1 N–H and O–H groups in total. The van der Waals surface area contributed by atoms with E-state index in [9.17, 15) is 0 Å². The molecule has 1 aromatic rings. The molecular formula is C18H25N. The third kappa shape index (κ3) is 3.99. The highest BCUT2D eigenvalue weighted by molar-refractivity contribution is 5.76. The van der Waals surface area contributed by atoms with Gasteiger partial charge in [-0.3, -0.25) is 0 Å². The highest BCUT2D eigenvalue weighted by Gasteiger charge is 2.08. The van der Waals surface area contributed by atoms with Crippen LogP contribution >= 0.6 is 0 Å². The van der Waals surface area contributed by atoms with E-state index in [4.69, 9.17) is 0 Å². The molecule has 0 saturated heterocycles. The average Bonchev–Trinajstić information content (AvgIpc) is 2.39. The van der Waals surface area contributed by atoms with Crippen LogP contribution in [0.15, 0.2) is 42.1 Å². The van der Waals surface area contributed by atoms with Gasteiger partial charge in [0.2, 0.25) is 0 Å². The second-order valence-electron chi connectivity index (χ2n) is 5.54. The number of dihydropyridines is 1. The lowest BCUT2D eigenvalue weighted by molar-refractivity contribution is 0.717. The van der Waals surface area contributed by atoms with Crippen LogP contribution in [0.3, 0.4) is 0 Å². The van der Waals surface area contributed by atoms with E-state index in [1.165, 1.54) is 48.1 Å². The number of nitrogens with one attached hydrogen (secondary N) is 1. The zero-order valence-corrected chi connectivity index (χ0v) is 12.4. The number of unbranched alkanes of at least 4 members (excludes halogenated alkanes) is 2. The molecule has 0 aliphatic carbocycles. The van der Waals surface area contributed by atoms with Gasteiger partial charge in [-0.15, -0.1) is 0 Å². The maximum atomic E-state index is 3.41. The molecule has 2 rings (SSSR count). The Morgan fingerprint density at radius 1 is 1.11 bits per heavy atom. The van der Waals surface area contributed by atoms with E-state index >= 15 is 0 Å². The lowest BCUT2D eigenvalue weighted by Gasteiger charge is -2.19. The van der Waals surface area contributed by atoms with Crippen LogP contribution in [-0.2, 0) is 6.42 Å². The smallest absolute Gasteiger partial charge is 0.0422 e. The molecule has 0 bridgehead atoms. The number of benzene rings is 1. The van der Waals surface area contributed by atoms with E-state index < -0.39 is 0 Å². The van der Waals surface area contributed by atoms with Gasteiger partial charge in [-0.05, 0) is 49.5 Å². The molecule has 1 heteroatoms. The van der Waals surface area contributed by atoms with Gasteiger partial charge in [0.1, 0.15) is 0 Å². The van der Waals surface area contributed by atoms with Crippen LogP contribution in [-0.4, -0.2) is 6.04 Å². The third-order valence-electron chi connectivity index (χ3n) is 3.61. The van der Waals surface area contributed by atoms with Crippen molar-refractivity contribution in [3.05, 3.63) is 53.2 Å². The molecule has 0 spiro atoms. The average molecular weight is 255 g/mol. The van der Waals surface area contributed by atoms with Crippen molar-refractivity contribution in [2.45, 2.75) is 52.5 Å². The van der Waals surface area contributed by atoms with Crippen LogP contribution in [0.25, 0.3) is 5.57 Å². The molecule has 1 nitrogen and oxygen atoms in total. The van der Waals surface area contributed by atoms with Crippen molar-refractivity contribution in [2.75, 3.05) is 0 Å². The zero-order chi connectivity index (χ0) is 13.7. The Hall–Kier alpha value is -1.50. The second kappa shape index (κ2) is 6.60. The first kappa shape index (κ1) is 13.9. The van der Waals surface area contributed by atoms with Crippen molar-refractivity contribution in [3.8, 4) is 0 Å². The van der Waals surface area contributed by atoms with E-state index in [2.05, 4.69) is 62.5 Å².